The second kappa shape index (κ2) is 3.71. The highest BCUT2D eigenvalue weighted by Crippen LogP contribution is 2.09. The van der Waals surface area contributed by atoms with E-state index in [0.717, 1.165) is 17.2 Å². The number of imidazole rings is 1. The van der Waals surface area contributed by atoms with E-state index in [-0.39, 0.29) is 0 Å². The highest BCUT2D eigenvalue weighted by atomic mass is 15.0. The number of H-pyrrole nitrogens is 1. The van der Waals surface area contributed by atoms with Crippen molar-refractivity contribution in [3.8, 4) is 0 Å². The van der Waals surface area contributed by atoms with Crippen LogP contribution < -0.4 is 5.32 Å². The Morgan fingerprint density at radius 3 is 3.17 bits per heavy atom. The molecule has 0 amide bonds. The molecule has 0 aromatic carbocycles. The van der Waals surface area contributed by atoms with E-state index in [1.54, 1.807) is 19.6 Å². The van der Waals surface area contributed by atoms with Crippen molar-refractivity contribution in [2.45, 2.75) is 6.92 Å². The first-order chi connectivity index (χ1) is 5.79. The number of aromatic nitrogens is 2. The first-order valence-electron chi connectivity index (χ1n) is 3.64. The van der Waals surface area contributed by atoms with Gasteiger partial charge in [-0.15, -0.1) is 0 Å². The summed E-state index contributed by atoms with van der Waals surface area (Å²) in [6.45, 7) is 5.48. The Kier molecular flexibility index (Phi) is 2.63. The van der Waals surface area contributed by atoms with E-state index < -0.39 is 0 Å². The summed E-state index contributed by atoms with van der Waals surface area (Å²) in [6.07, 6.45) is 3.21. The van der Waals surface area contributed by atoms with E-state index in [4.69, 9.17) is 0 Å². The quantitative estimate of drug-likeness (QED) is 0.663. The Labute approximate surface area is 71.4 Å². The Balaban J connectivity index is 2.98. The summed E-state index contributed by atoms with van der Waals surface area (Å²) < 4.78 is 0. The molecular weight excluding hydrogens is 152 g/mol. The normalized spacial score (nSPS) is 11.3. The molecule has 0 bridgehead atoms. The molecule has 1 aromatic rings. The summed E-state index contributed by atoms with van der Waals surface area (Å²) in [5, 5.41) is 2.91. The van der Waals surface area contributed by atoms with Gasteiger partial charge < -0.3 is 10.3 Å². The predicted molar refractivity (Wildman–Crippen MR) is 50.5 cm³/mol. The fraction of sp³-hybridized carbons (Fsp3) is 0.250. The highest BCUT2D eigenvalue weighted by molar-refractivity contribution is 6.01. The van der Waals surface area contributed by atoms with Crippen molar-refractivity contribution < 1.29 is 0 Å². The first-order valence-corrected chi connectivity index (χ1v) is 3.64. The maximum absolute atomic E-state index is 4.06. The Morgan fingerprint density at radius 1 is 1.83 bits per heavy atom. The lowest BCUT2D eigenvalue weighted by molar-refractivity contribution is 1.29. The smallest absolute Gasteiger partial charge is 0.157 e. The van der Waals surface area contributed by atoms with E-state index in [9.17, 15) is 0 Å². The second-order valence-corrected chi connectivity index (χ2v) is 2.28. The third kappa shape index (κ3) is 1.53. The van der Waals surface area contributed by atoms with Crippen LogP contribution in [0.1, 0.15) is 12.6 Å². The van der Waals surface area contributed by atoms with Gasteiger partial charge in [0.15, 0.2) is 5.82 Å². The molecule has 64 valence electrons. The van der Waals surface area contributed by atoms with Crippen molar-refractivity contribution in [1.82, 2.24) is 9.97 Å². The summed E-state index contributed by atoms with van der Waals surface area (Å²) in [7, 11) is 1.74. The molecule has 0 unspecified atom stereocenters. The van der Waals surface area contributed by atoms with Crippen LogP contribution in [0, 0.1) is 0 Å². The molecule has 4 nitrogen and oxygen atoms in total. The van der Waals surface area contributed by atoms with E-state index in [1.807, 2.05) is 6.92 Å². The van der Waals surface area contributed by atoms with Gasteiger partial charge >= 0.3 is 0 Å². The standard InChI is InChI=1S/C8H12N4/c1-4-10-8-7(6(2)9-3)11-5-12-8/h4-5,10H,1H2,2-3H3,(H,11,12). The molecule has 0 aliphatic carbocycles. The van der Waals surface area contributed by atoms with Crippen molar-refractivity contribution in [1.29, 1.82) is 0 Å². The third-order valence-electron chi connectivity index (χ3n) is 1.58. The summed E-state index contributed by atoms with van der Waals surface area (Å²) >= 11 is 0. The molecule has 0 atom stereocenters. The lowest BCUT2D eigenvalue weighted by Gasteiger charge is -1.99. The van der Waals surface area contributed by atoms with Crippen molar-refractivity contribution >= 4 is 11.5 Å². The number of aromatic amines is 1. The summed E-state index contributed by atoms with van der Waals surface area (Å²) in [5.41, 5.74) is 1.81. The van der Waals surface area contributed by atoms with Gasteiger partial charge in [-0.1, -0.05) is 6.58 Å². The third-order valence-corrected chi connectivity index (χ3v) is 1.58. The average molecular weight is 164 g/mol. The van der Waals surface area contributed by atoms with Gasteiger partial charge in [0.25, 0.3) is 0 Å². The molecule has 1 rings (SSSR count). The van der Waals surface area contributed by atoms with Crippen LogP contribution in [-0.4, -0.2) is 22.7 Å². The molecule has 0 radical (unpaired) electrons. The average Bonchev–Trinajstić information content (AvgIpc) is 2.52. The van der Waals surface area contributed by atoms with Crippen LogP contribution in [-0.2, 0) is 0 Å². The zero-order valence-corrected chi connectivity index (χ0v) is 7.26. The summed E-state index contributed by atoms with van der Waals surface area (Å²) in [5.74, 6) is 0.758. The number of hydrogen-bond acceptors (Lipinski definition) is 3. The van der Waals surface area contributed by atoms with E-state index in [2.05, 4.69) is 26.9 Å². The highest BCUT2D eigenvalue weighted by Gasteiger charge is 2.05. The van der Waals surface area contributed by atoms with Gasteiger partial charge in [0.1, 0.15) is 5.69 Å². The van der Waals surface area contributed by atoms with Gasteiger partial charge in [-0.2, -0.15) is 0 Å². The molecule has 0 saturated carbocycles. The van der Waals surface area contributed by atoms with Crippen LogP contribution in [0.2, 0.25) is 0 Å². The molecule has 1 aromatic heterocycles. The zero-order valence-electron chi connectivity index (χ0n) is 7.26. The summed E-state index contributed by atoms with van der Waals surface area (Å²) in [4.78, 5) is 11.1. The van der Waals surface area contributed by atoms with E-state index in [1.165, 1.54) is 0 Å². The number of nitrogens with zero attached hydrogens (tertiary/aromatic N) is 2. The minimum absolute atomic E-state index is 0.758. The van der Waals surface area contributed by atoms with Crippen LogP contribution in [0.15, 0.2) is 24.1 Å². The molecule has 0 aliphatic rings. The molecule has 0 aliphatic heterocycles. The number of aliphatic imine (C=N–C) groups is 1. The van der Waals surface area contributed by atoms with Crippen molar-refractivity contribution in [3.05, 3.63) is 24.8 Å². The number of nitrogens with one attached hydrogen (secondary N) is 2. The molecule has 2 N–H and O–H groups in total. The van der Waals surface area contributed by atoms with Gasteiger partial charge in [0, 0.05) is 7.05 Å². The Hall–Kier alpha value is -1.58. The molecule has 1 heterocycles. The fourth-order valence-corrected chi connectivity index (χ4v) is 0.888. The largest absolute Gasteiger partial charge is 0.345 e. The minimum Gasteiger partial charge on any atom is -0.345 e. The number of rotatable bonds is 3. The number of anilines is 1. The lowest BCUT2D eigenvalue weighted by Crippen LogP contribution is -1.99. The molecule has 12 heavy (non-hydrogen) atoms. The molecule has 4 heteroatoms. The van der Waals surface area contributed by atoms with E-state index in [0.29, 0.717) is 0 Å². The second-order valence-electron chi connectivity index (χ2n) is 2.28. The Morgan fingerprint density at radius 2 is 2.58 bits per heavy atom. The lowest BCUT2D eigenvalue weighted by atomic mass is 10.3. The molecule has 0 fully saturated rings. The maximum Gasteiger partial charge on any atom is 0.157 e. The molecule has 0 saturated heterocycles. The monoisotopic (exact) mass is 164 g/mol. The van der Waals surface area contributed by atoms with Crippen LogP contribution in [0.25, 0.3) is 0 Å². The van der Waals surface area contributed by atoms with Crippen molar-refractivity contribution in [3.63, 3.8) is 0 Å². The van der Waals surface area contributed by atoms with Gasteiger partial charge in [-0.05, 0) is 13.1 Å². The SMILES string of the molecule is C=CNc1nc[nH]c1C(C)=NC. The van der Waals surface area contributed by atoms with Crippen LogP contribution in [0.3, 0.4) is 0 Å². The number of hydrogen-bond donors (Lipinski definition) is 2. The van der Waals surface area contributed by atoms with Crippen LogP contribution >= 0.6 is 0 Å². The maximum atomic E-state index is 4.06. The Bertz CT molecular complexity index is 298. The van der Waals surface area contributed by atoms with Gasteiger partial charge in [0.2, 0.25) is 0 Å². The topological polar surface area (TPSA) is 53.1 Å². The molecular formula is C8H12N4. The van der Waals surface area contributed by atoms with Gasteiger partial charge in [-0.25, -0.2) is 4.98 Å². The van der Waals surface area contributed by atoms with Gasteiger partial charge in [-0.3, -0.25) is 4.99 Å². The first kappa shape index (κ1) is 8.52. The van der Waals surface area contributed by atoms with Crippen LogP contribution in [0.4, 0.5) is 5.82 Å². The molecule has 0 spiro atoms. The van der Waals surface area contributed by atoms with E-state index >= 15 is 0 Å². The zero-order chi connectivity index (χ0) is 8.97. The summed E-state index contributed by atoms with van der Waals surface area (Å²) in [6, 6.07) is 0. The van der Waals surface area contributed by atoms with Gasteiger partial charge in [0.05, 0.1) is 12.0 Å². The predicted octanol–water partition coefficient (Wildman–Crippen LogP) is 1.40. The minimum atomic E-state index is 0.758. The van der Waals surface area contributed by atoms with Crippen molar-refractivity contribution in [2.24, 2.45) is 4.99 Å². The van der Waals surface area contributed by atoms with Crippen molar-refractivity contribution in [2.75, 3.05) is 12.4 Å². The van der Waals surface area contributed by atoms with Crippen LogP contribution in [0.5, 0.6) is 0 Å². The fourth-order valence-electron chi connectivity index (χ4n) is 0.888.